The first kappa shape index (κ1) is 21.0. The molecule has 152 valence electrons. The Morgan fingerprint density at radius 2 is 2.14 bits per heavy atom. The van der Waals surface area contributed by atoms with E-state index in [9.17, 15) is 9.59 Å². The van der Waals surface area contributed by atoms with Crippen molar-refractivity contribution >= 4 is 44.8 Å². The van der Waals surface area contributed by atoms with E-state index in [1.165, 1.54) is 16.2 Å². The molecular weight excluding hydrogens is 460 g/mol. The lowest BCUT2D eigenvalue weighted by Gasteiger charge is -2.20. The molecule has 1 aromatic carbocycles. The van der Waals surface area contributed by atoms with Crippen LogP contribution in [0.2, 0.25) is 0 Å². The van der Waals surface area contributed by atoms with E-state index in [-0.39, 0.29) is 23.7 Å². The van der Waals surface area contributed by atoms with Crippen molar-refractivity contribution in [3.8, 4) is 10.8 Å². The minimum atomic E-state index is -0.661. The highest BCUT2D eigenvalue weighted by Gasteiger charge is 2.20. The van der Waals surface area contributed by atoms with Gasteiger partial charge in [0.25, 0.3) is 11.8 Å². The fourth-order valence-corrected chi connectivity index (χ4v) is 3.55. The number of hydrogen-bond donors (Lipinski definition) is 1. The third-order valence-corrected chi connectivity index (χ3v) is 5.28. The van der Waals surface area contributed by atoms with Crippen LogP contribution >= 0.6 is 27.3 Å². The predicted octanol–water partition coefficient (Wildman–Crippen LogP) is 3.74. The van der Waals surface area contributed by atoms with Crippen LogP contribution in [0, 0.1) is 0 Å². The predicted molar refractivity (Wildman–Crippen MR) is 112 cm³/mol. The number of benzene rings is 1. The standard InChI is InChI=1S/C19H19BrN4O4S/c1-2-7-24(10-16-22-23-18(28-16)15-4-3-8-29-15)17(25)11-27-19(26)13-9-12(20)5-6-14(13)21/h3-6,8-9H,2,7,10-11,21H2,1H3. The smallest absolute Gasteiger partial charge is 0.340 e. The summed E-state index contributed by atoms with van der Waals surface area (Å²) >= 11 is 4.77. The van der Waals surface area contributed by atoms with Gasteiger partial charge >= 0.3 is 5.97 Å². The summed E-state index contributed by atoms with van der Waals surface area (Å²) in [6.07, 6.45) is 0.726. The second-order valence-corrected chi connectivity index (χ2v) is 7.96. The van der Waals surface area contributed by atoms with Crippen LogP contribution in [0.3, 0.4) is 0 Å². The molecule has 0 aliphatic carbocycles. The van der Waals surface area contributed by atoms with Crippen LogP contribution in [0.5, 0.6) is 0 Å². The Hall–Kier alpha value is -2.72. The van der Waals surface area contributed by atoms with Crippen molar-refractivity contribution in [1.29, 1.82) is 0 Å². The number of carbonyl (C=O) groups is 2. The number of nitrogen functional groups attached to an aromatic ring is 1. The number of nitrogens with two attached hydrogens (primary N) is 1. The molecule has 0 aliphatic rings. The molecule has 0 unspecified atom stereocenters. The van der Waals surface area contributed by atoms with Crippen LogP contribution in [-0.4, -0.2) is 40.1 Å². The minimum absolute atomic E-state index is 0.140. The number of anilines is 1. The van der Waals surface area contributed by atoms with Crippen molar-refractivity contribution in [2.24, 2.45) is 0 Å². The third-order valence-electron chi connectivity index (χ3n) is 3.93. The molecule has 0 bridgehead atoms. The lowest BCUT2D eigenvalue weighted by Crippen LogP contribution is -2.35. The molecule has 2 aromatic heterocycles. The first-order valence-corrected chi connectivity index (χ1v) is 10.5. The van der Waals surface area contributed by atoms with Crippen LogP contribution in [0.1, 0.15) is 29.6 Å². The van der Waals surface area contributed by atoms with Crippen molar-refractivity contribution in [1.82, 2.24) is 15.1 Å². The number of hydrogen-bond acceptors (Lipinski definition) is 8. The molecule has 3 aromatic rings. The molecule has 0 radical (unpaired) electrons. The van der Waals surface area contributed by atoms with Crippen LogP contribution in [0.4, 0.5) is 5.69 Å². The molecule has 8 nitrogen and oxygen atoms in total. The Balaban J connectivity index is 1.62. The number of carbonyl (C=O) groups excluding carboxylic acids is 2. The normalized spacial score (nSPS) is 10.7. The summed E-state index contributed by atoms with van der Waals surface area (Å²) in [5.41, 5.74) is 6.29. The van der Waals surface area contributed by atoms with E-state index in [2.05, 4.69) is 26.1 Å². The summed E-state index contributed by atoms with van der Waals surface area (Å²) in [4.78, 5) is 27.2. The number of esters is 1. The summed E-state index contributed by atoms with van der Waals surface area (Å²) in [6.45, 7) is 2.14. The Morgan fingerprint density at radius 1 is 1.31 bits per heavy atom. The SMILES string of the molecule is CCCN(Cc1nnc(-c2cccs2)o1)C(=O)COC(=O)c1cc(Br)ccc1N. The summed E-state index contributed by atoms with van der Waals surface area (Å²) in [6, 6.07) is 8.63. The molecule has 0 aliphatic heterocycles. The average Bonchev–Trinajstić information content (AvgIpc) is 3.39. The van der Waals surface area contributed by atoms with Gasteiger partial charge in [0, 0.05) is 16.7 Å². The van der Waals surface area contributed by atoms with Crippen molar-refractivity contribution in [2.75, 3.05) is 18.9 Å². The molecule has 0 saturated carbocycles. The fourth-order valence-electron chi connectivity index (χ4n) is 2.54. The zero-order valence-electron chi connectivity index (χ0n) is 15.6. The first-order valence-electron chi connectivity index (χ1n) is 8.84. The third kappa shape index (κ3) is 5.42. The van der Waals surface area contributed by atoms with E-state index in [1.807, 2.05) is 24.4 Å². The summed E-state index contributed by atoms with van der Waals surface area (Å²) in [7, 11) is 0. The molecule has 0 fully saturated rings. The summed E-state index contributed by atoms with van der Waals surface area (Å²) in [5.74, 6) is -0.288. The maximum absolute atomic E-state index is 12.6. The molecule has 2 N–H and O–H groups in total. The van der Waals surface area contributed by atoms with Crippen molar-refractivity contribution in [3.05, 3.63) is 51.6 Å². The average molecular weight is 479 g/mol. The van der Waals surface area contributed by atoms with Gasteiger partial charge in [-0.1, -0.05) is 28.9 Å². The molecule has 0 spiro atoms. The Morgan fingerprint density at radius 3 is 2.86 bits per heavy atom. The number of thiophene rings is 1. The fraction of sp³-hybridized carbons (Fsp3) is 0.263. The topological polar surface area (TPSA) is 112 Å². The van der Waals surface area contributed by atoms with Crippen molar-refractivity contribution in [2.45, 2.75) is 19.9 Å². The monoisotopic (exact) mass is 478 g/mol. The summed E-state index contributed by atoms with van der Waals surface area (Å²) < 4.78 is 11.5. The number of nitrogens with zero attached hydrogens (tertiary/aromatic N) is 3. The van der Waals surface area contributed by atoms with Gasteiger partial charge in [-0.2, -0.15) is 0 Å². The van der Waals surface area contributed by atoms with Gasteiger partial charge in [0.05, 0.1) is 17.0 Å². The van der Waals surface area contributed by atoms with E-state index >= 15 is 0 Å². The number of halogens is 1. The van der Waals surface area contributed by atoms with Crippen LogP contribution in [-0.2, 0) is 16.1 Å². The van der Waals surface area contributed by atoms with Crippen LogP contribution < -0.4 is 5.73 Å². The van der Waals surface area contributed by atoms with Gasteiger partial charge in [-0.05, 0) is 36.1 Å². The van der Waals surface area contributed by atoms with Crippen LogP contribution in [0.25, 0.3) is 10.8 Å². The lowest BCUT2D eigenvalue weighted by atomic mass is 10.2. The van der Waals surface area contributed by atoms with E-state index < -0.39 is 12.6 Å². The van der Waals surface area contributed by atoms with Gasteiger partial charge in [-0.25, -0.2) is 4.79 Å². The number of rotatable bonds is 8. The zero-order chi connectivity index (χ0) is 20.8. The molecule has 0 atom stereocenters. The molecule has 3 rings (SSSR count). The highest BCUT2D eigenvalue weighted by Crippen LogP contribution is 2.23. The van der Waals surface area contributed by atoms with Gasteiger partial charge < -0.3 is 19.8 Å². The molecule has 29 heavy (non-hydrogen) atoms. The van der Waals surface area contributed by atoms with Gasteiger partial charge in [0.15, 0.2) is 6.61 Å². The summed E-state index contributed by atoms with van der Waals surface area (Å²) in [5, 5.41) is 9.94. The Labute approximate surface area is 179 Å². The van der Waals surface area contributed by atoms with E-state index in [0.717, 1.165) is 11.3 Å². The maximum atomic E-state index is 12.6. The molecule has 2 heterocycles. The van der Waals surface area contributed by atoms with E-state index in [0.29, 0.717) is 22.8 Å². The number of amides is 1. The molecule has 1 amide bonds. The lowest BCUT2D eigenvalue weighted by molar-refractivity contribution is -0.135. The van der Waals surface area contributed by atoms with Gasteiger partial charge in [-0.3, -0.25) is 4.79 Å². The molecule has 10 heteroatoms. The van der Waals surface area contributed by atoms with Crippen LogP contribution in [0.15, 0.2) is 44.6 Å². The zero-order valence-corrected chi connectivity index (χ0v) is 18.0. The second kappa shape index (κ2) is 9.66. The maximum Gasteiger partial charge on any atom is 0.340 e. The highest BCUT2D eigenvalue weighted by atomic mass is 79.9. The number of aromatic nitrogens is 2. The first-order chi connectivity index (χ1) is 14.0. The van der Waals surface area contributed by atoms with Crippen molar-refractivity contribution in [3.63, 3.8) is 0 Å². The Kier molecular flexibility index (Phi) is 6.99. The molecule has 0 saturated heterocycles. The molecular formula is C19H19BrN4O4S. The minimum Gasteiger partial charge on any atom is -0.452 e. The van der Waals surface area contributed by atoms with E-state index in [4.69, 9.17) is 14.9 Å². The number of ether oxygens (including phenoxy) is 1. The van der Waals surface area contributed by atoms with Crippen molar-refractivity contribution < 1.29 is 18.7 Å². The Bertz CT molecular complexity index is 990. The van der Waals surface area contributed by atoms with Gasteiger partial charge in [-0.15, -0.1) is 21.5 Å². The largest absolute Gasteiger partial charge is 0.452 e. The second-order valence-electron chi connectivity index (χ2n) is 6.10. The van der Waals surface area contributed by atoms with E-state index in [1.54, 1.807) is 18.2 Å². The van der Waals surface area contributed by atoms with Gasteiger partial charge in [0.1, 0.15) is 0 Å². The quantitative estimate of drug-likeness (QED) is 0.387. The van der Waals surface area contributed by atoms with Gasteiger partial charge in [0.2, 0.25) is 5.89 Å². The highest BCUT2D eigenvalue weighted by molar-refractivity contribution is 9.10.